The van der Waals surface area contributed by atoms with Gasteiger partial charge in [-0.3, -0.25) is 0 Å². The summed E-state index contributed by atoms with van der Waals surface area (Å²) < 4.78 is 0. The van der Waals surface area contributed by atoms with Crippen molar-refractivity contribution in [3.8, 4) is 0 Å². The SMILES string of the molecule is Clc1ccc2c(c1)C(NCc1c(Cl)cccc1Cl)CCS2. The zero-order valence-electron chi connectivity index (χ0n) is 11.2. The standard InChI is InChI=1S/C16H14Cl3NS/c17-10-4-5-16-11(8-10)15(6-7-21-16)20-9-12-13(18)2-1-3-14(12)19/h1-5,8,15,20H,6-7,9H2. The first-order chi connectivity index (χ1) is 10.1. The van der Waals surface area contributed by atoms with Gasteiger partial charge in [0.05, 0.1) is 0 Å². The van der Waals surface area contributed by atoms with E-state index in [9.17, 15) is 0 Å². The summed E-state index contributed by atoms with van der Waals surface area (Å²) in [5.41, 5.74) is 2.21. The lowest BCUT2D eigenvalue weighted by molar-refractivity contribution is 0.510. The summed E-state index contributed by atoms with van der Waals surface area (Å²) in [7, 11) is 0. The van der Waals surface area contributed by atoms with Gasteiger partial charge in [-0.25, -0.2) is 0 Å². The summed E-state index contributed by atoms with van der Waals surface area (Å²) >= 11 is 20.5. The maximum atomic E-state index is 6.22. The lowest BCUT2D eigenvalue weighted by atomic mass is 10.0. The van der Waals surface area contributed by atoms with Gasteiger partial charge >= 0.3 is 0 Å². The lowest BCUT2D eigenvalue weighted by Gasteiger charge is -2.26. The fourth-order valence-electron chi connectivity index (χ4n) is 2.50. The second-order valence-electron chi connectivity index (χ2n) is 4.95. The van der Waals surface area contributed by atoms with Crippen molar-refractivity contribution in [2.24, 2.45) is 0 Å². The van der Waals surface area contributed by atoms with Gasteiger partial charge in [-0.15, -0.1) is 11.8 Å². The highest BCUT2D eigenvalue weighted by atomic mass is 35.5. The molecule has 2 aromatic rings. The molecular formula is C16H14Cl3NS. The summed E-state index contributed by atoms with van der Waals surface area (Å²) in [5.74, 6) is 1.10. The largest absolute Gasteiger partial charge is 0.306 e. The predicted octanol–water partition coefficient (Wildman–Crippen LogP) is 5.97. The molecule has 0 radical (unpaired) electrons. The Hall–Kier alpha value is -0.380. The van der Waals surface area contributed by atoms with Crippen LogP contribution < -0.4 is 5.32 Å². The number of hydrogen-bond donors (Lipinski definition) is 1. The smallest absolute Gasteiger partial charge is 0.0465 e. The number of hydrogen-bond acceptors (Lipinski definition) is 2. The van der Waals surface area contributed by atoms with Gasteiger partial charge in [0.25, 0.3) is 0 Å². The average Bonchev–Trinajstić information content (AvgIpc) is 2.47. The van der Waals surface area contributed by atoms with Crippen LogP contribution in [0.3, 0.4) is 0 Å². The minimum absolute atomic E-state index is 0.285. The minimum atomic E-state index is 0.285. The molecule has 2 aromatic carbocycles. The van der Waals surface area contributed by atoms with E-state index in [-0.39, 0.29) is 6.04 Å². The van der Waals surface area contributed by atoms with Crippen molar-refractivity contribution >= 4 is 46.6 Å². The molecule has 5 heteroatoms. The molecule has 0 spiro atoms. The molecule has 1 aliphatic rings. The fraction of sp³-hybridized carbons (Fsp3) is 0.250. The Balaban J connectivity index is 1.80. The first-order valence-electron chi connectivity index (χ1n) is 6.73. The summed E-state index contributed by atoms with van der Waals surface area (Å²) in [6, 6.07) is 12.0. The normalized spacial score (nSPS) is 17.6. The Labute approximate surface area is 144 Å². The fourth-order valence-corrected chi connectivity index (χ4v) is 4.32. The third-order valence-corrected chi connectivity index (χ3v) is 5.66. The van der Waals surface area contributed by atoms with Gasteiger partial charge in [0.1, 0.15) is 0 Å². The van der Waals surface area contributed by atoms with Crippen LogP contribution in [0, 0.1) is 0 Å². The molecule has 1 atom stereocenters. The first kappa shape index (κ1) is 15.5. The number of halogens is 3. The highest BCUT2D eigenvalue weighted by Gasteiger charge is 2.21. The van der Waals surface area contributed by atoms with Gasteiger partial charge in [0.15, 0.2) is 0 Å². The van der Waals surface area contributed by atoms with Gasteiger partial charge in [-0.2, -0.15) is 0 Å². The molecule has 1 N–H and O–H groups in total. The number of benzene rings is 2. The zero-order chi connectivity index (χ0) is 14.8. The second-order valence-corrected chi connectivity index (χ2v) is 7.34. The molecule has 0 saturated heterocycles. The van der Waals surface area contributed by atoms with Crippen LogP contribution in [-0.2, 0) is 6.54 Å². The van der Waals surface area contributed by atoms with Gasteiger partial charge < -0.3 is 5.32 Å². The summed E-state index contributed by atoms with van der Waals surface area (Å²) in [6.07, 6.45) is 1.07. The molecule has 110 valence electrons. The molecule has 1 nitrogen and oxygen atoms in total. The Morgan fingerprint density at radius 1 is 1.10 bits per heavy atom. The number of rotatable bonds is 3. The molecule has 3 rings (SSSR count). The Bertz CT molecular complexity index is 640. The maximum absolute atomic E-state index is 6.22. The van der Waals surface area contributed by atoms with Crippen LogP contribution in [0.4, 0.5) is 0 Å². The molecule has 0 fully saturated rings. The zero-order valence-corrected chi connectivity index (χ0v) is 14.3. The number of thioether (sulfide) groups is 1. The van der Waals surface area contributed by atoms with Crippen LogP contribution in [-0.4, -0.2) is 5.75 Å². The van der Waals surface area contributed by atoms with Crippen LogP contribution in [0.15, 0.2) is 41.3 Å². The quantitative estimate of drug-likeness (QED) is 0.725. The minimum Gasteiger partial charge on any atom is -0.306 e. The number of fused-ring (bicyclic) bond motifs is 1. The van der Waals surface area contributed by atoms with E-state index in [0.29, 0.717) is 16.6 Å². The van der Waals surface area contributed by atoms with Gasteiger partial charge in [0.2, 0.25) is 0 Å². The van der Waals surface area contributed by atoms with Crippen LogP contribution in [0.2, 0.25) is 15.1 Å². The molecule has 0 bridgehead atoms. The van der Waals surface area contributed by atoms with E-state index in [1.807, 2.05) is 36.0 Å². The molecule has 1 heterocycles. The van der Waals surface area contributed by atoms with E-state index >= 15 is 0 Å². The molecular weight excluding hydrogens is 345 g/mol. The Morgan fingerprint density at radius 2 is 1.86 bits per heavy atom. The summed E-state index contributed by atoms with van der Waals surface area (Å²) in [4.78, 5) is 1.30. The van der Waals surface area contributed by atoms with Crippen molar-refractivity contribution in [1.29, 1.82) is 0 Å². The maximum Gasteiger partial charge on any atom is 0.0465 e. The van der Waals surface area contributed by atoms with Crippen LogP contribution >= 0.6 is 46.6 Å². The Kier molecular flexibility index (Phi) is 5.03. The van der Waals surface area contributed by atoms with Gasteiger partial charge in [-0.05, 0) is 48.1 Å². The third-order valence-electron chi connectivity index (χ3n) is 3.60. The summed E-state index contributed by atoms with van der Waals surface area (Å²) in [5, 5.41) is 5.74. The van der Waals surface area contributed by atoms with Crippen molar-refractivity contribution in [1.82, 2.24) is 5.32 Å². The predicted molar refractivity (Wildman–Crippen MR) is 92.8 cm³/mol. The molecule has 1 aliphatic heterocycles. The van der Waals surface area contributed by atoms with E-state index in [2.05, 4.69) is 17.4 Å². The third kappa shape index (κ3) is 3.52. The van der Waals surface area contributed by atoms with Crippen molar-refractivity contribution < 1.29 is 0 Å². The highest BCUT2D eigenvalue weighted by molar-refractivity contribution is 7.99. The van der Waals surface area contributed by atoms with E-state index in [1.165, 1.54) is 10.5 Å². The Morgan fingerprint density at radius 3 is 2.62 bits per heavy atom. The molecule has 0 aromatic heterocycles. The first-order valence-corrected chi connectivity index (χ1v) is 8.85. The number of nitrogens with one attached hydrogen (secondary N) is 1. The van der Waals surface area contributed by atoms with Crippen molar-refractivity contribution in [2.45, 2.75) is 23.9 Å². The van der Waals surface area contributed by atoms with Gasteiger partial charge in [0, 0.05) is 38.1 Å². The van der Waals surface area contributed by atoms with E-state index in [0.717, 1.165) is 22.8 Å². The van der Waals surface area contributed by atoms with Crippen molar-refractivity contribution in [3.05, 3.63) is 62.6 Å². The van der Waals surface area contributed by atoms with Crippen molar-refractivity contribution in [3.63, 3.8) is 0 Å². The topological polar surface area (TPSA) is 12.0 Å². The molecule has 21 heavy (non-hydrogen) atoms. The van der Waals surface area contributed by atoms with Crippen LogP contribution in [0.5, 0.6) is 0 Å². The lowest BCUT2D eigenvalue weighted by Crippen LogP contribution is -2.24. The van der Waals surface area contributed by atoms with Crippen LogP contribution in [0.25, 0.3) is 0 Å². The summed E-state index contributed by atoms with van der Waals surface area (Å²) in [6.45, 7) is 0.653. The monoisotopic (exact) mass is 357 g/mol. The molecule has 0 aliphatic carbocycles. The molecule has 0 saturated carbocycles. The van der Waals surface area contributed by atoms with E-state index in [1.54, 1.807) is 0 Å². The second kappa shape index (κ2) is 6.80. The average molecular weight is 359 g/mol. The van der Waals surface area contributed by atoms with Crippen molar-refractivity contribution in [2.75, 3.05) is 5.75 Å². The van der Waals surface area contributed by atoms with Gasteiger partial charge in [-0.1, -0.05) is 40.9 Å². The molecule has 0 amide bonds. The highest BCUT2D eigenvalue weighted by Crippen LogP contribution is 2.38. The van der Waals surface area contributed by atoms with E-state index < -0.39 is 0 Å². The van der Waals surface area contributed by atoms with E-state index in [4.69, 9.17) is 34.8 Å². The van der Waals surface area contributed by atoms with Crippen LogP contribution in [0.1, 0.15) is 23.6 Å². The molecule has 1 unspecified atom stereocenters.